The van der Waals surface area contributed by atoms with Crippen LogP contribution in [0.2, 0.25) is 0 Å². The third kappa shape index (κ3) is 5.38. The molecular weight excluding hydrogens is 386 g/mol. The summed E-state index contributed by atoms with van der Waals surface area (Å²) in [5.41, 5.74) is 3.13. The quantitative estimate of drug-likeness (QED) is 0.765. The lowest BCUT2D eigenvalue weighted by Crippen LogP contribution is -2.35. The Morgan fingerprint density at radius 1 is 1.10 bits per heavy atom. The number of fused-ring (bicyclic) bond motifs is 1. The zero-order valence-electron chi connectivity index (χ0n) is 16.2. The van der Waals surface area contributed by atoms with E-state index < -0.39 is 5.25 Å². The molecule has 2 aliphatic heterocycles. The topological polar surface area (TPSA) is 70.7 Å². The summed E-state index contributed by atoms with van der Waals surface area (Å²) < 4.78 is 5.38. The molecule has 0 unspecified atom stereocenters. The van der Waals surface area contributed by atoms with Crippen LogP contribution in [0.1, 0.15) is 17.5 Å². The zero-order chi connectivity index (χ0) is 20.1. The van der Waals surface area contributed by atoms with E-state index in [9.17, 15) is 9.59 Å². The van der Waals surface area contributed by atoms with Crippen LogP contribution in [0.5, 0.6) is 0 Å². The van der Waals surface area contributed by atoms with Crippen LogP contribution in [-0.4, -0.2) is 48.3 Å². The van der Waals surface area contributed by atoms with E-state index in [2.05, 4.69) is 27.7 Å². The SMILES string of the molecule is O=C(C[C@@H]1Sc2ccccc2NC1=O)NCc1ccc(CN2CCOCC2)cc1. The lowest BCUT2D eigenvalue weighted by atomic mass is 10.1. The molecule has 4 rings (SSSR count). The van der Waals surface area contributed by atoms with Crippen molar-refractivity contribution in [1.29, 1.82) is 0 Å². The molecule has 0 radical (unpaired) electrons. The van der Waals surface area contributed by atoms with Gasteiger partial charge in [0.2, 0.25) is 11.8 Å². The van der Waals surface area contributed by atoms with Gasteiger partial charge in [0.25, 0.3) is 0 Å². The van der Waals surface area contributed by atoms with Crippen molar-refractivity contribution >= 4 is 29.3 Å². The maximum absolute atomic E-state index is 12.3. The third-order valence-corrected chi connectivity index (χ3v) is 6.38. The van der Waals surface area contributed by atoms with Gasteiger partial charge < -0.3 is 15.4 Å². The Bertz CT molecular complexity index is 866. The molecule has 0 aliphatic carbocycles. The van der Waals surface area contributed by atoms with Crippen LogP contribution in [0.15, 0.2) is 53.4 Å². The van der Waals surface area contributed by atoms with Crippen LogP contribution in [0.4, 0.5) is 5.69 Å². The lowest BCUT2D eigenvalue weighted by Gasteiger charge is -2.26. The molecule has 0 saturated carbocycles. The first kappa shape index (κ1) is 19.9. The van der Waals surface area contributed by atoms with Crippen molar-refractivity contribution in [1.82, 2.24) is 10.2 Å². The highest BCUT2D eigenvalue weighted by molar-refractivity contribution is 8.01. The number of hydrogen-bond donors (Lipinski definition) is 2. The molecule has 7 heteroatoms. The average molecular weight is 412 g/mol. The number of ether oxygens (including phenoxy) is 1. The summed E-state index contributed by atoms with van der Waals surface area (Å²) >= 11 is 1.45. The predicted molar refractivity (Wildman–Crippen MR) is 114 cm³/mol. The number of rotatable bonds is 6. The molecular formula is C22H25N3O3S. The second kappa shape index (κ2) is 9.43. The van der Waals surface area contributed by atoms with Gasteiger partial charge in [-0.2, -0.15) is 0 Å². The van der Waals surface area contributed by atoms with Gasteiger partial charge in [-0.15, -0.1) is 11.8 Å². The fourth-order valence-corrected chi connectivity index (χ4v) is 4.56. The average Bonchev–Trinajstić information content (AvgIpc) is 2.74. The van der Waals surface area contributed by atoms with Crippen molar-refractivity contribution in [2.24, 2.45) is 0 Å². The number of hydrogen-bond acceptors (Lipinski definition) is 5. The molecule has 0 bridgehead atoms. The Morgan fingerprint density at radius 3 is 2.62 bits per heavy atom. The van der Waals surface area contributed by atoms with E-state index in [0.29, 0.717) is 6.54 Å². The second-order valence-corrected chi connectivity index (χ2v) is 8.52. The normalized spacial score (nSPS) is 19.3. The molecule has 2 aromatic rings. The molecule has 1 atom stereocenters. The largest absolute Gasteiger partial charge is 0.379 e. The van der Waals surface area contributed by atoms with E-state index in [1.54, 1.807) is 0 Å². The van der Waals surface area contributed by atoms with Crippen LogP contribution in [0.25, 0.3) is 0 Å². The molecule has 2 aromatic carbocycles. The maximum Gasteiger partial charge on any atom is 0.238 e. The first-order chi connectivity index (χ1) is 14.2. The van der Waals surface area contributed by atoms with E-state index in [0.717, 1.165) is 49.0 Å². The monoisotopic (exact) mass is 411 g/mol. The summed E-state index contributed by atoms with van der Waals surface area (Å²) in [6, 6.07) is 16.0. The molecule has 2 aliphatic rings. The number of nitrogens with zero attached hydrogens (tertiary/aromatic N) is 1. The fraction of sp³-hybridized carbons (Fsp3) is 0.364. The highest BCUT2D eigenvalue weighted by atomic mass is 32.2. The van der Waals surface area contributed by atoms with Gasteiger partial charge in [0, 0.05) is 37.5 Å². The van der Waals surface area contributed by atoms with E-state index in [1.165, 1.54) is 17.3 Å². The highest BCUT2D eigenvalue weighted by Crippen LogP contribution is 2.36. The molecule has 2 amide bonds. The van der Waals surface area contributed by atoms with Crippen molar-refractivity contribution < 1.29 is 14.3 Å². The Kier molecular flexibility index (Phi) is 6.49. The first-order valence-electron chi connectivity index (χ1n) is 9.88. The first-order valence-corrected chi connectivity index (χ1v) is 10.8. The molecule has 2 heterocycles. The van der Waals surface area contributed by atoms with E-state index in [4.69, 9.17) is 4.74 Å². The number of amides is 2. The Hall–Kier alpha value is -2.35. The molecule has 0 aromatic heterocycles. The highest BCUT2D eigenvalue weighted by Gasteiger charge is 2.28. The minimum Gasteiger partial charge on any atom is -0.379 e. The van der Waals surface area contributed by atoms with Crippen LogP contribution >= 0.6 is 11.8 Å². The number of carbonyl (C=O) groups excluding carboxylic acids is 2. The fourth-order valence-electron chi connectivity index (χ4n) is 3.45. The summed E-state index contributed by atoms with van der Waals surface area (Å²) in [5, 5.41) is 5.41. The number of anilines is 1. The summed E-state index contributed by atoms with van der Waals surface area (Å²) in [5.74, 6) is -0.231. The predicted octanol–water partition coefficient (Wildman–Crippen LogP) is 2.64. The Balaban J connectivity index is 1.25. The van der Waals surface area contributed by atoms with Gasteiger partial charge in [0.1, 0.15) is 0 Å². The van der Waals surface area contributed by atoms with Gasteiger partial charge in [-0.3, -0.25) is 14.5 Å². The summed E-state index contributed by atoms with van der Waals surface area (Å²) in [7, 11) is 0. The smallest absolute Gasteiger partial charge is 0.238 e. The van der Waals surface area contributed by atoms with E-state index in [1.807, 2.05) is 36.4 Å². The minimum atomic E-state index is -0.402. The molecule has 6 nitrogen and oxygen atoms in total. The van der Waals surface area contributed by atoms with Crippen LogP contribution in [0.3, 0.4) is 0 Å². The van der Waals surface area contributed by atoms with Crippen LogP contribution < -0.4 is 10.6 Å². The van der Waals surface area contributed by atoms with E-state index in [-0.39, 0.29) is 18.2 Å². The van der Waals surface area contributed by atoms with Crippen molar-refractivity contribution in [2.45, 2.75) is 29.7 Å². The Morgan fingerprint density at radius 2 is 1.83 bits per heavy atom. The summed E-state index contributed by atoms with van der Waals surface area (Å²) in [4.78, 5) is 28.0. The van der Waals surface area contributed by atoms with Gasteiger partial charge >= 0.3 is 0 Å². The lowest BCUT2D eigenvalue weighted by molar-refractivity contribution is -0.124. The number of para-hydroxylation sites is 1. The standard InChI is InChI=1S/C22H25N3O3S/c26-21(13-20-22(27)24-18-3-1-2-4-19(18)29-20)23-14-16-5-7-17(8-6-16)15-25-9-11-28-12-10-25/h1-8,20H,9-15H2,(H,23,26)(H,24,27)/t20-/m0/s1. The molecule has 1 saturated heterocycles. The van der Waals surface area contributed by atoms with Crippen molar-refractivity contribution in [3.63, 3.8) is 0 Å². The van der Waals surface area contributed by atoms with Gasteiger partial charge in [0.05, 0.1) is 24.2 Å². The van der Waals surface area contributed by atoms with E-state index >= 15 is 0 Å². The van der Waals surface area contributed by atoms with Gasteiger partial charge in [-0.25, -0.2) is 0 Å². The molecule has 1 fully saturated rings. The number of benzene rings is 2. The second-order valence-electron chi connectivity index (χ2n) is 7.28. The van der Waals surface area contributed by atoms with Crippen LogP contribution in [-0.2, 0) is 27.4 Å². The van der Waals surface area contributed by atoms with Crippen LogP contribution in [0, 0.1) is 0 Å². The van der Waals surface area contributed by atoms with Crippen molar-refractivity contribution in [2.75, 3.05) is 31.6 Å². The van der Waals surface area contributed by atoms with Crippen molar-refractivity contribution in [3.8, 4) is 0 Å². The number of thioether (sulfide) groups is 1. The third-order valence-electron chi connectivity index (χ3n) is 5.10. The molecule has 152 valence electrons. The van der Waals surface area contributed by atoms with Crippen molar-refractivity contribution in [3.05, 3.63) is 59.7 Å². The summed E-state index contributed by atoms with van der Waals surface area (Å²) in [6.07, 6.45) is 0.167. The Labute approximate surface area is 175 Å². The molecule has 0 spiro atoms. The zero-order valence-corrected chi connectivity index (χ0v) is 17.0. The number of morpholine rings is 1. The van der Waals surface area contributed by atoms with Gasteiger partial charge in [0.15, 0.2) is 0 Å². The molecule has 29 heavy (non-hydrogen) atoms. The van der Waals surface area contributed by atoms with Gasteiger partial charge in [-0.05, 0) is 23.3 Å². The molecule has 2 N–H and O–H groups in total. The minimum absolute atomic E-state index is 0.115. The maximum atomic E-state index is 12.3. The number of carbonyl (C=O) groups is 2. The van der Waals surface area contributed by atoms with Gasteiger partial charge in [-0.1, -0.05) is 36.4 Å². The number of nitrogens with one attached hydrogen (secondary N) is 2. The summed E-state index contributed by atoms with van der Waals surface area (Å²) in [6.45, 7) is 4.92.